The lowest BCUT2D eigenvalue weighted by molar-refractivity contribution is -0.671. The number of imidazole rings is 1. The van der Waals surface area contributed by atoms with Crippen molar-refractivity contribution < 1.29 is 14.5 Å². The van der Waals surface area contributed by atoms with Gasteiger partial charge in [-0.2, -0.15) is 0 Å². The SMILES string of the molecule is C=CC(=O)[O-].CCCCCCCCCCCCn1cc[n+](C)c1. The van der Waals surface area contributed by atoms with Crippen molar-refractivity contribution in [2.45, 2.75) is 77.7 Å². The van der Waals surface area contributed by atoms with E-state index in [0.29, 0.717) is 0 Å². The summed E-state index contributed by atoms with van der Waals surface area (Å²) >= 11 is 0. The second-order valence-electron chi connectivity index (χ2n) is 6.02. The van der Waals surface area contributed by atoms with Gasteiger partial charge in [-0.25, -0.2) is 9.13 Å². The first kappa shape index (κ1) is 21.4. The van der Waals surface area contributed by atoms with Crippen LogP contribution in [0.2, 0.25) is 0 Å². The van der Waals surface area contributed by atoms with Gasteiger partial charge in [0.05, 0.1) is 19.6 Å². The molecule has 0 aliphatic carbocycles. The van der Waals surface area contributed by atoms with Gasteiger partial charge in [-0.3, -0.25) is 0 Å². The van der Waals surface area contributed by atoms with Crippen molar-refractivity contribution in [3.8, 4) is 0 Å². The van der Waals surface area contributed by atoms with Gasteiger partial charge >= 0.3 is 0 Å². The molecule has 132 valence electrons. The average molecular weight is 322 g/mol. The summed E-state index contributed by atoms with van der Waals surface area (Å²) in [4.78, 5) is 9.14. The van der Waals surface area contributed by atoms with Crippen LogP contribution < -0.4 is 9.67 Å². The zero-order valence-electron chi connectivity index (χ0n) is 15.0. The van der Waals surface area contributed by atoms with Gasteiger partial charge in [-0.15, -0.1) is 0 Å². The first-order valence-electron chi connectivity index (χ1n) is 8.94. The van der Waals surface area contributed by atoms with Crippen LogP contribution in [0.15, 0.2) is 31.4 Å². The van der Waals surface area contributed by atoms with E-state index in [0.717, 1.165) is 6.08 Å². The molecular weight excluding hydrogens is 288 g/mol. The third-order valence-corrected chi connectivity index (χ3v) is 3.76. The molecule has 1 rings (SSSR count). The number of nitrogens with zero attached hydrogens (tertiary/aromatic N) is 2. The van der Waals surface area contributed by atoms with E-state index in [9.17, 15) is 0 Å². The molecule has 0 atom stereocenters. The number of carboxylic acid groups (broad SMARTS) is 1. The van der Waals surface area contributed by atoms with Crippen molar-refractivity contribution in [3.05, 3.63) is 31.4 Å². The molecule has 1 aromatic rings. The van der Waals surface area contributed by atoms with Crippen LogP contribution in [0.25, 0.3) is 0 Å². The monoisotopic (exact) mass is 322 g/mol. The van der Waals surface area contributed by atoms with E-state index in [1.165, 1.54) is 70.8 Å². The molecule has 0 bridgehead atoms. The van der Waals surface area contributed by atoms with Gasteiger partial charge in [0.2, 0.25) is 6.33 Å². The molecule has 0 aliphatic heterocycles. The van der Waals surface area contributed by atoms with Crippen molar-refractivity contribution in [3.63, 3.8) is 0 Å². The smallest absolute Gasteiger partial charge is 0.243 e. The zero-order chi connectivity index (χ0) is 17.3. The highest BCUT2D eigenvalue weighted by atomic mass is 16.4. The lowest BCUT2D eigenvalue weighted by Gasteiger charge is -2.01. The van der Waals surface area contributed by atoms with E-state index in [1.54, 1.807) is 0 Å². The average Bonchev–Trinajstić information content (AvgIpc) is 2.95. The minimum Gasteiger partial charge on any atom is -0.545 e. The molecule has 0 spiro atoms. The normalized spacial score (nSPS) is 10.0. The van der Waals surface area contributed by atoms with E-state index in [2.05, 4.69) is 48.4 Å². The Morgan fingerprint density at radius 2 is 1.57 bits per heavy atom. The zero-order valence-corrected chi connectivity index (χ0v) is 15.0. The van der Waals surface area contributed by atoms with Crippen LogP contribution in [-0.4, -0.2) is 10.5 Å². The third kappa shape index (κ3) is 15.1. The molecule has 0 saturated heterocycles. The molecule has 0 amide bonds. The van der Waals surface area contributed by atoms with Crippen LogP contribution in [0, 0.1) is 0 Å². The van der Waals surface area contributed by atoms with E-state index < -0.39 is 5.97 Å². The van der Waals surface area contributed by atoms with Gasteiger partial charge in [0.1, 0.15) is 12.4 Å². The Balaban J connectivity index is 0.000000841. The lowest BCUT2D eigenvalue weighted by Crippen LogP contribution is -2.23. The third-order valence-electron chi connectivity index (χ3n) is 3.76. The molecule has 0 radical (unpaired) electrons. The maximum absolute atomic E-state index is 9.14. The van der Waals surface area contributed by atoms with E-state index >= 15 is 0 Å². The fourth-order valence-electron chi connectivity index (χ4n) is 2.42. The van der Waals surface area contributed by atoms with Gasteiger partial charge in [0.15, 0.2) is 0 Å². The highest BCUT2D eigenvalue weighted by Gasteiger charge is 1.99. The van der Waals surface area contributed by atoms with Gasteiger partial charge in [0.25, 0.3) is 0 Å². The molecule has 1 aromatic heterocycles. The van der Waals surface area contributed by atoms with E-state index in [1.807, 2.05) is 0 Å². The number of aromatic nitrogens is 2. The number of carboxylic acids is 1. The summed E-state index contributed by atoms with van der Waals surface area (Å²) in [5, 5.41) is 9.14. The van der Waals surface area contributed by atoms with Crippen LogP contribution in [0.1, 0.15) is 71.1 Å². The molecule has 0 aromatic carbocycles. The van der Waals surface area contributed by atoms with Crippen LogP contribution in [-0.2, 0) is 18.4 Å². The molecule has 0 saturated carbocycles. The van der Waals surface area contributed by atoms with E-state index in [4.69, 9.17) is 9.90 Å². The van der Waals surface area contributed by atoms with Crippen molar-refractivity contribution in [1.82, 2.24) is 4.57 Å². The Kier molecular flexibility index (Phi) is 14.3. The van der Waals surface area contributed by atoms with Gasteiger partial charge in [-0.1, -0.05) is 64.9 Å². The minimum absolute atomic E-state index is 0.722. The highest BCUT2D eigenvalue weighted by molar-refractivity contribution is 5.76. The topological polar surface area (TPSA) is 48.9 Å². The number of carbonyl (C=O) groups excluding carboxylic acids is 1. The number of unbranched alkanes of at least 4 members (excludes halogenated alkanes) is 9. The largest absolute Gasteiger partial charge is 0.545 e. The molecule has 23 heavy (non-hydrogen) atoms. The summed E-state index contributed by atoms with van der Waals surface area (Å²) < 4.78 is 4.39. The summed E-state index contributed by atoms with van der Waals surface area (Å²) in [7, 11) is 2.08. The number of rotatable bonds is 12. The number of aryl methyl sites for hydroxylation is 2. The van der Waals surface area contributed by atoms with Crippen molar-refractivity contribution >= 4 is 5.97 Å². The fourth-order valence-corrected chi connectivity index (χ4v) is 2.42. The highest BCUT2D eigenvalue weighted by Crippen LogP contribution is 2.10. The van der Waals surface area contributed by atoms with E-state index in [-0.39, 0.29) is 0 Å². The Morgan fingerprint density at radius 3 is 1.96 bits per heavy atom. The number of hydrogen-bond donors (Lipinski definition) is 0. The summed E-state index contributed by atoms with van der Waals surface area (Å²) in [5.74, 6) is -1.23. The maximum atomic E-state index is 9.14. The Morgan fingerprint density at radius 1 is 1.09 bits per heavy atom. The van der Waals surface area contributed by atoms with Crippen molar-refractivity contribution in [1.29, 1.82) is 0 Å². The molecule has 0 aliphatic rings. The summed E-state index contributed by atoms with van der Waals surface area (Å²) in [6.07, 6.45) is 21.3. The second kappa shape index (κ2) is 15.3. The molecule has 0 fully saturated rings. The second-order valence-corrected chi connectivity index (χ2v) is 6.02. The summed E-state index contributed by atoms with van der Waals surface area (Å²) in [5.41, 5.74) is 0. The molecule has 0 N–H and O–H groups in total. The summed E-state index contributed by atoms with van der Waals surface area (Å²) in [6.45, 7) is 6.36. The fraction of sp³-hybridized carbons (Fsp3) is 0.684. The molecule has 0 unspecified atom stereocenters. The van der Waals surface area contributed by atoms with Crippen LogP contribution in [0.4, 0.5) is 0 Å². The van der Waals surface area contributed by atoms with Crippen LogP contribution in [0.5, 0.6) is 0 Å². The quantitative estimate of drug-likeness (QED) is 0.337. The number of carbonyl (C=O) groups is 1. The number of hydrogen-bond acceptors (Lipinski definition) is 2. The Labute approximate surface area is 141 Å². The van der Waals surface area contributed by atoms with Crippen LogP contribution >= 0.6 is 0 Å². The lowest BCUT2D eigenvalue weighted by atomic mass is 10.1. The van der Waals surface area contributed by atoms with Crippen molar-refractivity contribution in [2.24, 2.45) is 7.05 Å². The first-order chi connectivity index (χ1) is 11.1. The molecule has 4 nitrogen and oxygen atoms in total. The van der Waals surface area contributed by atoms with Crippen molar-refractivity contribution in [2.75, 3.05) is 0 Å². The summed E-state index contributed by atoms with van der Waals surface area (Å²) in [6, 6.07) is 0. The maximum Gasteiger partial charge on any atom is 0.243 e. The van der Waals surface area contributed by atoms with Gasteiger partial charge in [0, 0.05) is 0 Å². The standard InChI is InChI=1S/C16H31N2.C3H4O2/c1-3-4-5-6-7-8-9-10-11-12-13-18-15-14-17(2)16-18;1-2-3(4)5/h14-16H,3-13H2,1-2H3;2H,1H2,(H,4,5)/q+1;/p-1. The molecule has 4 heteroatoms. The van der Waals surface area contributed by atoms with Gasteiger partial charge in [-0.05, 0) is 18.9 Å². The minimum atomic E-state index is -1.23. The number of aliphatic carboxylic acids is 1. The first-order valence-corrected chi connectivity index (χ1v) is 8.94. The van der Waals surface area contributed by atoms with Crippen LogP contribution in [0.3, 0.4) is 0 Å². The molecular formula is C19H34N2O2. The van der Waals surface area contributed by atoms with Gasteiger partial charge < -0.3 is 9.90 Å². The predicted octanol–water partition coefficient (Wildman–Crippen LogP) is 3.16. The Bertz CT molecular complexity index is 413. The predicted molar refractivity (Wildman–Crippen MR) is 92.7 cm³/mol. The Hall–Kier alpha value is -1.58. The molecule has 1 heterocycles.